The molecule has 3 amide bonds. The van der Waals surface area contributed by atoms with E-state index < -0.39 is 17.5 Å². The van der Waals surface area contributed by atoms with Crippen LogP contribution in [0.25, 0.3) is 10.9 Å². The molecule has 6 nitrogen and oxygen atoms in total. The zero-order chi connectivity index (χ0) is 21.5. The quantitative estimate of drug-likeness (QED) is 0.481. The second kappa shape index (κ2) is 7.44. The first-order valence-electron chi connectivity index (χ1n) is 10.2. The van der Waals surface area contributed by atoms with Crippen LogP contribution in [0.5, 0.6) is 0 Å². The summed E-state index contributed by atoms with van der Waals surface area (Å²) in [5.74, 6) is -0.683. The molecule has 1 aliphatic rings. The van der Waals surface area contributed by atoms with Crippen LogP contribution < -0.4 is 5.32 Å². The maximum absolute atomic E-state index is 13.2. The van der Waals surface area contributed by atoms with Crippen molar-refractivity contribution in [2.24, 2.45) is 0 Å². The van der Waals surface area contributed by atoms with Gasteiger partial charge in [0.1, 0.15) is 5.54 Å². The number of hydrogen-bond acceptors (Lipinski definition) is 3. The first kappa shape index (κ1) is 19.9. The van der Waals surface area contributed by atoms with Gasteiger partial charge in [0.05, 0.1) is 6.54 Å². The van der Waals surface area contributed by atoms with Crippen molar-refractivity contribution in [3.8, 4) is 0 Å². The Bertz CT molecular complexity index is 1150. The molecule has 1 atom stereocenters. The number of hydrogen-bond donors (Lipinski definition) is 2. The SMILES string of the molecule is CCCc1ccc(C2(C)NC(=O)N(CC(=O)c3c(C)[nH]c4ccccc34)C2=O)cc1. The average molecular weight is 403 g/mol. The maximum atomic E-state index is 13.2. The van der Waals surface area contributed by atoms with Gasteiger partial charge < -0.3 is 10.3 Å². The molecule has 0 spiro atoms. The topological polar surface area (TPSA) is 82.3 Å². The molecule has 1 fully saturated rings. The molecule has 1 unspecified atom stereocenters. The number of benzene rings is 2. The van der Waals surface area contributed by atoms with Crippen LogP contribution in [-0.4, -0.2) is 34.2 Å². The van der Waals surface area contributed by atoms with Crippen LogP contribution >= 0.6 is 0 Å². The summed E-state index contributed by atoms with van der Waals surface area (Å²) in [7, 11) is 0. The van der Waals surface area contributed by atoms with E-state index >= 15 is 0 Å². The molecular weight excluding hydrogens is 378 g/mol. The highest BCUT2D eigenvalue weighted by molar-refractivity contribution is 6.15. The Labute approximate surface area is 175 Å². The van der Waals surface area contributed by atoms with Crippen LogP contribution in [0.3, 0.4) is 0 Å². The smallest absolute Gasteiger partial charge is 0.325 e. The predicted molar refractivity (Wildman–Crippen MR) is 115 cm³/mol. The molecule has 0 bridgehead atoms. The average Bonchev–Trinajstić information content (AvgIpc) is 3.17. The van der Waals surface area contributed by atoms with Crippen molar-refractivity contribution in [2.45, 2.75) is 39.2 Å². The Hall–Kier alpha value is -3.41. The molecule has 2 heterocycles. The number of ketones is 1. The largest absolute Gasteiger partial charge is 0.358 e. The number of urea groups is 1. The molecule has 1 saturated heterocycles. The summed E-state index contributed by atoms with van der Waals surface area (Å²) in [6, 6.07) is 14.7. The van der Waals surface area contributed by atoms with Gasteiger partial charge in [-0.15, -0.1) is 0 Å². The summed E-state index contributed by atoms with van der Waals surface area (Å²) in [4.78, 5) is 43.1. The zero-order valence-corrected chi connectivity index (χ0v) is 17.4. The van der Waals surface area contributed by atoms with Crippen molar-refractivity contribution < 1.29 is 14.4 Å². The molecule has 2 N–H and O–H groups in total. The van der Waals surface area contributed by atoms with Crippen LogP contribution in [-0.2, 0) is 16.8 Å². The number of aromatic nitrogens is 1. The summed E-state index contributed by atoms with van der Waals surface area (Å²) >= 11 is 0. The van der Waals surface area contributed by atoms with E-state index in [2.05, 4.69) is 17.2 Å². The number of carbonyl (C=O) groups is 3. The molecule has 3 aromatic rings. The van der Waals surface area contributed by atoms with Crippen LogP contribution in [0.1, 0.15) is 47.4 Å². The molecule has 1 aromatic heterocycles. The monoisotopic (exact) mass is 403 g/mol. The Kier molecular flexibility index (Phi) is 4.94. The molecule has 2 aromatic carbocycles. The molecular formula is C24H25N3O3. The number of imide groups is 1. The summed E-state index contributed by atoms with van der Waals surface area (Å²) < 4.78 is 0. The third kappa shape index (κ3) is 3.18. The Morgan fingerprint density at radius 1 is 1.07 bits per heavy atom. The van der Waals surface area contributed by atoms with Crippen molar-refractivity contribution in [1.82, 2.24) is 15.2 Å². The molecule has 6 heteroatoms. The van der Waals surface area contributed by atoms with Crippen LogP contribution in [0.2, 0.25) is 0 Å². The molecule has 4 rings (SSSR count). The molecule has 0 saturated carbocycles. The number of amides is 3. The zero-order valence-electron chi connectivity index (χ0n) is 17.4. The van der Waals surface area contributed by atoms with E-state index in [0.717, 1.165) is 34.3 Å². The number of fused-ring (bicyclic) bond motifs is 1. The van der Waals surface area contributed by atoms with Crippen molar-refractivity contribution in [3.63, 3.8) is 0 Å². The fourth-order valence-corrected chi connectivity index (χ4v) is 4.19. The third-order valence-corrected chi connectivity index (χ3v) is 5.82. The lowest BCUT2D eigenvalue weighted by molar-refractivity contribution is -0.130. The number of para-hydroxylation sites is 1. The van der Waals surface area contributed by atoms with E-state index in [4.69, 9.17) is 0 Å². The standard InChI is InChI=1S/C24H25N3O3/c1-4-7-16-10-12-17(13-11-16)24(3)22(29)27(23(30)26-24)14-20(28)21-15(2)25-19-9-6-5-8-18(19)21/h5-6,8-13,25H,4,7,14H2,1-3H3,(H,26,30). The maximum Gasteiger partial charge on any atom is 0.325 e. The van der Waals surface area contributed by atoms with E-state index in [9.17, 15) is 14.4 Å². The van der Waals surface area contributed by atoms with Gasteiger partial charge in [0.15, 0.2) is 5.78 Å². The van der Waals surface area contributed by atoms with Gasteiger partial charge in [0.2, 0.25) is 0 Å². The molecule has 1 aliphatic heterocycles. The van der Waals surface area contributed by atoms with Gasteiger partial charge in [-0.05, 0) is 37.5 Å². The summed E-state index contributed by atoms with van der Waals surface area (Å²) in [6.45, 7) is 5.32. The van der Waals surface area contributed by atoms with E-state index in [1.54, 1.807) is 6.92 Å². The molecule has 30 heavy (non-hydrogen) atoms. The Morgan fingerprint density at radius 2 is 1.77 bits per heavy atom. The second-order valence-electron chi connectivity index (χ2n) is 7.99. The lowest BCUT2D eigenvalue weighted by atomic mass is 9.91. The summed E-state index contributed by atoms with van der Waals surface area (Å²) in [5.41, 5.74) is 2.80. The Balaban J connectivity index is 1.59. The lowest BCUT2D eigenvalue weighted by Crippen LogP contribution is -2.41. The van der Waals surface area contributed by atoms with Gasteiger partial charge in [0.25, 0.3) is 5.91 Å². The minimum Gasteiger partial charge on any atom is -0.358 e. The number of H-pyrrole nitrogens is 1. The van der Waals surface area contributed by atoms with Gasteiger partial charge in [-0.3, -0.25) is 14.5 Å². The number of aryl methyl sites for hydroxylation is 2. The number of nitrogens with zero attached hydrogens (tertiary/aromatic N) is 1. The van der Waals surface area contributed by atoms with E-state index in [-0.39, 0.29) is 12.3 Å². The van der Waals surface area contributed by atoms with E-state index in [1.165, 1.54) is 5.56 Å². The highest BCUT2D eigenvalue weighted by Gasteiger charge is 2.49. The van der Waals surface area contributed by atoms with Gasteiger partial charge in [0, 0.05) is 22.2 Å². The number of carbonyl (C=O) groups excluding carboxylic acids is 3. The minimum atomic E-state index is -1.18. The second-order valence-corrected chi connectivity index (χ2v) is 7.99. The van der Waals surface area contributed by atoms with Gasteiger partial charge in [-0.1, -0.05) is 55.8 Å². The number of Topliss-reactive ketones (excluding diaryl/α,β-unsaturated/α-hetero) is 1. The predicted octanol–water partition coefficient (Wildman–Crippen LogP) is 4.08. The molecule has 0 aliphatic carbocycles. The van der Waals surface area contributed by atoms with Crippen molar-refractivity contribution in [2.75, 3.05) is 6.54 Å². The summed E-state index contributed by atoms with van der Waals surface area (Å²) in [6.07, 6.45) is 2.00. The van der Waals surface area contributed by atoms with Crippen molar-refractivity contribution in [1.29, 1.82) is 0 Å². The molecule has 0 radical (unpaired) electrons. The lowest BCUT2D eigenvalue weighted by Gasteiger charge is -2.22. The van der Waals surface area contributed by atoms with Gasteiger partial charge in [-0.25, -0.2) is 4.79 Å². The number of nitrogens with one attached hydrogen (secondary N) is 2. The normalized spacial score (nSPS) is 18.8. The van der Waals surface area contributed by atoms with Crippen molar-refractivity contribution in [3.05, 3.63) is 70.9 Å². The van der Waals surface area contributed by atoms with E-state index in [0.29, 0.717) is 11.1 Å². The highest BCUT2D eigenvalue weighted by atomic mass is 16.2. The highest BCUT2D eigenvalue weighted by Crippen LogP contribution is 2.30. The van der Waals surface area contributed by atoms with Crippen molar-refractivity contribution >= 4 is 28.6 Å². The van der Waals surface area contributed by atoms with E-state index in [1.807, 2.05) is 55.5 Å². The number of aromatic amines is 1. The molecule has 154 valence electrons. The Morgan fingerprint density at radius 3 is 2.47 bits per heavy atom. The van der Waals surface area contributed by atoms with Crippen LogP contribution in [0.15, 0.2) is 48.5 Å². The third-order valence-electron chi connectivity index (χ3n) is 5.82. The first-order valence-corrected chi connectivity index (χ1v) is 10.2. The fourth-order valence-electron chi connectivity index (χ4n) is 4.19. The van der Waals surface area contributed by atoms with Crippen LogP contribution in [0.4, 0.5) is 4.79 Å². The fraction of sp³-hybridized carbons (Fsp3) is 0.292. The number of rotatable bonds is 6. The van der Waals surface area contributed by atoms with Gasteiger partial charge in [-0.2, -0.15) is 0 Å². The van der Waals surface area contributed by atoms with Gasteiger partial charge >= 0.3 is 6.03 Å². The summed E-state index contributed by atoms with van der Waals surface area (Å²) in [5, 5.41) is 3.57. The minimum absolute atomic E-state index is 0.268. The first-order chi connectivity index (χ1) is 14.3. The van der Waals surface area contributed by atoms with Crippen LogP contribution in [0, 0.1) is 6.92 Å².